The van der Waals surface area contributed by atoms with Gasteiger partial charge in [-0.1, -0.05) is 29.8 Å². The minimum Gasteiger partial charge on any atom is -0.504 e. The number of carbonyl (C=O) groups excluding carboxylic acids is 1. The summed E-state index contributed by atoms with van der Waals surface area (Å²) in [6, 6.07) is 6.83. The minimum absolute atomic E-state index is 0.0535. The Bertz CT molecular complexity index is 914. The summed E-state index contributed by atoms with van der Waals surface area (Å²) in [6.45, 7) is 8.19. The van der Waals surface area contributed by atoms with Crippen LogP contribution < -0.4 is 14.9 Å². The van der Waals surface area contributed by atoms with Crippen LogP contribution in [0.3, 0.4) is 0 Å². The fourth-order valence-electron chi connectivity index (χ4n) is 2.52. The number of phenols is 1. The van der Waals surface area contributed by atoms with Crippen LogP contribution in [0.5, 0.6) is 17.2 Å². The number of amides is 1. The van der Waals surface area contributed by atoms with Gasteiger partial charge in [0.05, 0.1) is 17.3 Å². The van der Waals surface area contributed by atoms with E-state index in [2.05, 4.69) is 56.2 Å². The van der Waals surface area contributed by atoms with Crippen molar-refractivity contribution in [2.75, 3.05) is 13.2 Å². The Balaban J connectivity index is 2.02. The molecule has 0 heterocycles. The van der Waals surface area contributed by atoms with Crippen LogP contribution in [0.25, 0.3) is 0 Å². The smallest absolute Gasteiger partial charge is 0.277 e. The summed E-state index contributed by atoms with van der Waals surface area (Å²) in [4.78, 5) is 12.1. The number of nitrogens with zero attached hydrogens (tertiary/aromatic N) is 1. The summed E-state index contributed by atoms with van der Waals surface area (Å²) >= 11 is 7.11. The fourth-order valence-corrected chi connectivity index (χ4v) is 3.79. The number of carbonyl (C=O) groups is 1. The summed E-state index contributed by atoms with van der Waals surface area (Å²) in [5.74, 6) is 0.917. The Hall–Kier alpha value is -2.06. The molecule has 0 bridgehead atoms. The lowest BCUT2D eigenvalue weighted by Crippen LogP contribution is -2.25. The zero-order valence-electron chi connectivity index (χ0n) is 16.8. The van der Waals surface area contributed by atoms with Gasteiger partial charge in [0, 0.05) is 4.47 Å². The van der Waals surface area contributed by atoms with Crippen molar-refractivity contribution in [1.82, 2.24) is 5.43 Å². The van der Waals surface area contributed by atoms with Crippen molar-refractivity contribution < 1.29 is 19.4 Å². The average Bonchev–Trinajstić information content (AvgIpc) is 2.67. The van der Waals surface area contributed by atoms with Crippen molar-refractivity contribution in [3.8, 4) is 17.2 Å². The first-order valence-corrected chi connectivity index (χ1v) is 10.7. The summed E-state index contributed by atoms with van der Waals surface area (Å²) in [5.41, 5.74) is 5.12. The number of aromatic hydroxyl groups is 1. The van der Waals surface area contributed by atoms with Crippen molar-refractivity contribution in [1.29, 1.82) is 0 Å². The van der Waals surface area contributed by atoms with Gasteiger partial charge in [-0.25, -0.2) is 5.43 Å². The molecule has 0 fully saturated rings. The molecular weight excluding hydrogens is 504 g/mol. The number of hydrogen-bond acceptors (Lipinski definition) is 5. The van der Waals surface area contributed by atoms with Crippen molar-refractivity contribution in [2.45, 2.75) is 33.6 Å². The second-order valence-electron chi connectivity index (χ2n) is 6.61. The number of hydrogen-bond donors (Lipinski definition) is 2. The van der Waals surface area contributed by atoms with Gasteiger partial charge in [-0.15, -0.1) is 0 Å². The van der Waals surface area contributed by atoms with Crippen LogP contribution in [0.15, 0.2) is 38.3 Å². The largest absolute Gasteiger partial charge is 0.504 e. The molecule has 0 saturated carbocycles. The first-order valence-electron chi connectivity index (χ1n) is 9.13. The third-order valence-electron chi connectivity index (χ3n) is 4.09. The molecule has 2 N–H and O–H groups in total. The van der Waals surface area contributed by atoms with Gasteiger partial charge in [-0.3, -0.25) is 4.79 Å². The van der Waals surface area contributed by atoms with Gasteiger partial charge in [-0.05, 0) is 76.7 Å². The zero-order valence-corrected chi connectivity index (χ0v) is 19.9. The van der Waals surface area contributed by atoms with Gasteiger partial charge in [0.25, 0.3) is 5.91 Å². The minimum atomic E-state index is -0.382. The Morgan fingerprint density at radius 3 is 2.66 bits per heavy atom. The second-order valence-corrected chi connectivity index (χ2v) is 8.26. The Kier molecular flexibility index (Phi) is 8.52. The van der Waals surface area contributed by atoms with Crippen LogP contribution in [-0.2, 0) is 4.79 Å². The lowest BCUT2D eigenvalue weighted by atomic mass is 10.0. The predicted molar refractivity (Wildman–Crippen MR) is 121 cm³/mol. The number of phenolic OH excluding ortho intramolecular Hbond substituents is 1. The summed E-state index contributed by atoms with van der Waals surface area (Å²) in [5, 5.41) is 13.7. The van der Waals surface area contributed by atoms with Crippen molar-refractivity contribution >= 4 is 44.0 Å². The predicted octanol–water partition coefficient (Wildman–Crippen LogP) is 5.28. The van der Waals surface area contributed by atoms with Crippen LogP contribution >= 0.6 is 31.9 Å². The van der Waals surface area contributed by atoms with Gasteiger partial charge in [-0.2, -0.15) is 5.10 Å². The molecular formula is C21H24Br2N2O4. The number of hydrazone groups is 1. The standard InChI is InChI=1S/C21H24Br2N2O4/c1-5-28-18-8-14(6-7-17(18)26)10-24-25-19(27)11-29-21-15(12(2)3)9-16(22)13(4)20(21)23/h6-10,12,26H,5,11H2,1-4H3,(H,25,27)/b24-10+. The maximum Gasteiger partial charge on any atom is 0.277 e. The van der Waals surface area contributed by atoms with E-state index in [9.17, 15) is 9.90 Å². The summed E-state index contributed by atoms with van der Waals surface area (Å²) in [6.07, 6.45) is 1.47. The van der Waals surface area contributed by atoms with Crippen LogP contribution in [-0.4, -0.2) is 30.4 Å². The summed E-state index contributed by atoms with van der Waals surface area (Å²) < 4.78 is 12.9. The van der Waals surface area contributed by atoms with E-state index in [0.717, 1.165) is 20.1 Å². The molecule has 1 amide bonds. The molecule has 0 atom stereocenters. The molecule has 0 aliphatic rings. The van der Waals surface area contributed by atoms with E-state index < -0.39 is 0 Å². The number of benzene rings is 2. The molecule has 2 aromatic rings. The van der Waals surface area contributed by atoms with E-state index in [1.165, 1.54) is 12.3 Å². The highest BCUT2D eigenvalue weighted by Crippen LogP contribution is 2.40. The van der Waals surface area contributed by atoms with Crippen LogP contribution in [0, 0.1) is 6.92 Å². The molecule has 2 aromatic carbocycles. The Labute approximate surface area is 187 Å². The van der Waals surface area contributed by atoms with Gasteiger partial charge in [0.15, 0.2) is 18.1 Å². The van der Waals surface area contributed by atoms with E-state index in [0.29, 0.717) is 23.7 Å². The van der Waals surface area contributed by atoms with Gasteiger partial charge in [0.2, 0.25) is 0 Å². The van der Waals surface area contributed by atoms with E-state index in [4.69, 9.17) is 9.47 Å². The van der Waals surface area contributed by atoms with Crippen molar-refractivity contribution in [3.63, 3.8) is 0 Å². The van der Waals surface area contributed by atoms with Gasteiger partial charge < -0.3 is 14.6 Å². The quantitative estimate of drug-likeness (QED) is 0.361. The maximum atomic E-state index is 12.1. The van der Waals surface area contributed by atoms with Crippen LogP contribution in [0.1, 0.15) is 43.4 Å². The lowest BCUT2D eigenvalue weighted by Gasteiger charge is -2.18. The molecule has 0 unspecified atom stereocenters. The van der Waals surface area contributed by atoms with Crippen LogP contribution in [0.4, 0.5) is 0 Å². The average molecular weight is 528 g/mol. The van der Waals surface area contributed by atoms with E-state index in [1.807, 2.05) is 19.9 Å². The van der Waals surface area contributed by atoms with Gasteiger partial charge >= 0.3 is 0 Å². The SMILES string of the molecule is CCOc1cc(/C=N/NC(=O)COc2c(C(C)C)cc(Br)c(C)c2Br)ccc1O. The Morgan fingerprint density at radius 1 is 1.28 bits per heavy atom. The second kappa shape index (κ2) is 10.6. The molecule has 8 heteroatoms. The van der Waals surface area contributed by atoms with E-state index in [-0.39, 0.29) is 24.2 Å². The molecule has 6 nitrogen and oxygen atoms in total. The van der Waals surface area contributed by atoms with Gasteiger partial charge in [0.1, 0.15) is 5.75 Å². The van der Waals surface area contributed by atoms with E-state index >= 15 is 0 Å². The molecule has 0 spiro atoms. The molecule has 0 radical (unpaired) electrons. The molecule has 2 rings (SSSR count). The van der Waals surface area contributed by atoms with E-state index in [1.54, 1.807) is 12.1 Å². The molecule has 0 aromatic heterocycles. The Morgan fingerprint density at radius 2 is 2.00 bits per heavy atom. The third-order valence-corrected chi connectivity index (χ3v) is 5.87. The number of ether oxygens (including phenoxy) is 2. The highest BCUT2D eigenvalue weighted by molar-refractivity contribution is 9.11. The first kappa shape index (κ1) is 23.2. The number of nitrogens with one attached hydrogen (secondary N) is 1. The first-order chi connectivity index (χ1) is 13.7. The molecule has 29 heavy (non-hydrogen) atoms. The summed E-state index contributed by atoms with van der Waals surface area (Å²) in [7, 11) is 0. The lowest BCUT2D eigenvalue weighted by molar-refractivity contribution is -0.123. The highest BCUT2D eigenvalue weighted by Gasteiger charge is 2.17. The van der Waals surface area contributed by atoms with Crippen molar-refractivity contribution in [3.05, 3.63) is 49.9 Å². The number of rotatable bonds is 8. The maximum absolute atomic E-state index is 12.1. The number of halogens is 2. The molecule has 0 aliphatic heterocycles. The normalized spacial score (nSPS) is 11.1. The van der Waals surface area contributed by atoms with Crippen LogP contribution in [0.2, 0.25) is 0 Å². The molecule has 0 aliphatic carbocycles. The fraction of sp³-hybridized carbons (Fsp3) is 0.333. The highest BCUT2D eigenvalue weighted by atomic mass is 79.9. The topological polar surface area (TPSA) is 80.2 Å². The molecule has 0 saturated heterocycles. The molecule has 156 valence electrons. The third kappa shape index (κ3) is 6.21. The zero-order chi connectivity index (χ0) is 21.6. The van der Waals surface area contributed by atoms with Crippen molar-refractivity contribution in [2.24, 2.45) is 5.10 Å². The monoisotopic (exact) mass is 526 g/mol.